The minimum absolute atomic E-state index is 0. The molecule has 0 amide bonds. The van der Waals surface area contributed by atoms with Crippen molar-refractivity contribution in [3.8, 4) is 28.7 Å². The van der Waals surface area contributed by atoms with Crippen LogP contribution >= 0.6 is 0 Å². The van der Waals surface area contributed by atoms with Crippen molar-refractivity contribution in [1.82, 2.24) is 0 Å². The number of ether oxygens (including phenoxy) is 4. The van der Waals surface area contributed by atoms with Crippen molar-refractivity contribution >= 4 is 5.97 Å². The number of unbranched alkanes of at least 4 members (excludes halogenated alkanes) is 4. The Morgan fingerprint density at radius 2 is 1.31 bits per heavy atom. The van der Waals surface area contributed by atoms with Crippen LogP contribution in [0.15, 0.2) is 66.7 Å². The van der Waals surface area contributed by atoms with E-state index in [1.807, 2.05) is 54.6 Å². The molecular weight excluding hydrogens is 541 g/mol. The average Bonchev–Trinajstić information content (AvgIpc) is 3.00. The first-order chi connectivity index (χ1) is 20.1. The number of nitrogens with zero attached hydrogens (tertiary/aromatic N) is 1. The summed E-state index contributed by atoms with van der Waals surface area (Å²) in [7, 11) is 0. The third kappa shape index (κ3) is 13.4. The molecule has 0 fully saturated rings. The van der Waals surface area contributed by atoms with E-state index in [0.717, 1.165) is 67.6 Å². The van der Waals surface area contributed by atoms with Crippen LogP contribution in [0.1, 0.15) is 66.9 Å². The second-order valence-corrected chi connectivity index (χ2v) is 9.81. The Morgan fingerprint density at radius 3 is 1.90 bits per heavy atom. The average molecular weight is 582 g/mol. The number of carboxylic acids is 1. The molecule has 0 radical (unpaired) electrons. The minimum Gasteiger partial charge on any atom is -0.545 e. The molecule has 0 unspecified atom stereocenters. The van der Waals surface area contributed by atoms with Crippen molar-refractivity contribution < 1.29 is 58.4 Å². The number of benzene rings is 3. The molecule has 0 saturated heterocycles. The maximum absolute atomic E-state index is 11.5. The van der Waals surface area contributed by atoms with Crippen LogP contribution in [-0.4, -0.2) is 45.6 Å². The molecule has 0 N–H and O–H groups in total. The van der Waals surface area contributed by atoms with Gasteiger partial charge in [0.1, 0.15) is 11.5 Å². The molecule has 3 rings (SSSR count). The smallest absolute Gasteiger partial charge is 0.545 e. The predicted octanol–water partition coefficient (Wildman–Crippen LogP) is 2.99. The standard InChI is InChI=1S/C34H41NO6.Na/c1-2-3-17-38-21-22-39-20-16-28-23-31(34(36)37)25-33(24-28)41-19-7-5-4-6-18-40-32-14-12-30(13-15-32)29-10-8-27(26-35)9-11-29;/h8-15,23-25H,2-7,16-22H2,1H3,(H,36,37);/q;+1/p-1. The Labute approximate surface area is 272 Å². The van der Waals surface area contributed by atoms with Crippen molar-refractivity contribution in [3.05, 3.63) is 83.4 Å². The van der Waals surface area contributed by atoms with E-state index < -0.39 is 5.97 Å². The maximum atomic E-state index is 11.5. The van der Waals surface area contributed by atoms with Crippen molar-refractivity contribution in [2.45, 2.75) is 51.9 Å². The molecule has 7 nitrogen and oxygen atoms in total. The molecule has 3 aromatic rings. The Kier molecular flexibility index (Phi) is 17.6. The summed E-state index contributed by atoms with van der Waals surface area (Å²) in [5.41, 5.74) is 3.75. The minimum atomic E-state index is -1.22. The van der Waals surface area contributed by atoms with E-state index in [1.165, 1.54) is 6.07 Å². The Hall–Kier alpha value is -2.86. The van der Waals surface area contributed by atoms with E-state index in [1.54, 1.807) is 6.07 Å². The molecule has 0 spiro atoms. The van der Waals surface area contributed by atoms with Gasteiger partial charge < -0.3 is 28.8 Å². The molecular formula is C34H40NNaO6. The molecule has 0 aliphatic carbocycles. The summed E-state index contributed by atoms with van der Waals surface area (Å²) in [5, 5.41) is 20.4. The first-order valence-electron chi connectivity index (χ1n) is 14.5. The monoisotopic (exact) mass is 581 g/mol. The summed E-state index contributed by atoms with van der Waals surface area (Å²) >= 11 is 0. The molecule has 0 aliphatic rings. The number of hydrogen-bond donors (Lipinski definition) is 0. The molecule has 0 atom stereocenters. The van der Waals surface area contributed by atoms with Crippen LogP contribution in [-0.2, 0) is 15.9 Å². The van der Waals surface area contributed by atoms with E-state index >= 15 is 0 Å². The summed E-state index contributed by atoms with van der Waals surface area (Å²) in [5.74, 6) is 0.156. The van der Waals surface area contributed by atoms with Crippen LogP contribution in [0.3, 0.4) is 0 Å². The number of rotatable bonds is 20. The van der Waals surface area contributed by atoms with Gasteiger partial charge in [-0.2, -0.15) is 5.26 Å². The Morgan fingerprint density at radius 1 is 0.714 bits per heavy atom. The largest absolute Gasteiger partial charge is 1.00 e. The first kappa shape index (κ1) is 35.3. The fourth-order valence-electron chi connectivity index (χ4n) is 4.18. The molecule has 0 bridgehead atoms. The summed E-state index contributed by atoms with van der Waals surface area (Å²) in [6.07, 6.45) is 6.54. The fraction of sp³-hybridized carbons (Fsp3) is 0.412. The molecule has 0 aliphatic heterocycles. The predicted molar refractivity (Wildman–Crippen MR) is 157 cm³/mol. The number of nitriles is 1. The quantitative estimate of drug-likeness (QED) is 0.149. The molecule has 3 aromatic carbocycles. The molecule has 0 saturated carbocycles. The number of aromatic carboxylic acids is 1. The van der Waals surface area contributed by atoms with Crippen LogP contribution in [0.2, 0.25) is 0 Å². The summed E-state index contributed by atoms with van der Waals surface area (Å²) in [6, 6.07) is 22.6. The van der Waals surface area contributed by atoms with Gasteiger partial charge in [0, 0.05) is 12.2 Å². The molecule has 218 valence electrons. The van der Waals surface area contributed by atoms with Crippen molar-refractivity contribution in [3.63, 3.8) is 0 Å². The van der Waals surface area contributed by atoms with Gasteiger partial charge in [-0.1, -0.05) is 37.6 Å². The first-order valence-corrected chi connectivity index (χ1v) is 14.5. The molecule has 42 heavy (non-hydrogen) atoms. The van der Waals surface area contributed by atoms with Gasteiger partial charge in [0.15, 0.2) is 0 Å². The van der Waals surface area contributed by atoms with Gasteiger partial charge in [-0.15, -0.1) is 0 Å². The van der Waals surface area contributed by atoms with Crippen molar-refractivity contribution in [2.75, 3.05) is 39.6 Å². The normalized spacial score (nSPS) is 10.5. The van der Waals surface area contributed by atoms with Crippen LogP contribution in [0.5, 0.6) is 11.5 Å². The van der Waals surface area contributed by atoms with Crippen LogP contribution in [0.4, 0.5) is 0 Å². The number of hydrogen-bond acceptors (Lipinski definition) is 7. The van der Waals surface area contributed by atoms with Gasteiger partial charge in [-0.05, 0) is 97.7 Å². The van der Waals surface area contributed by atoms with E-state index in [4.69, 9.17) is 24.2 Å². The van der Waals surface area contributed by atoms with E-state index in [-0.39, 0.29) is 35.1 Å². The van der Waals surface area contributed by atoms with Gasteiger partial charge in [-0.25, -0.2) is 0 Å². The SMILES string of the molecule is CCCCOCCOCCc1cc(OCCCCCCOc2ccc(-c3ccc(C#N)cc3)cc2)cc(C(=O)[O-])c1.[Na+]. The van der Waals surface area contributed by atoms with E-state index in [2.05, 4.69) is 13.0 Å². The topological polar surface area (TPSA) is 101 Å². The van der Waals surface area contributed by atoms with Crippen LogP contribution in [0.25, 0.3) is 11.1 Å². The third-order valence-corrected chi connectivity index (χ3v) is 6.53. The zero-order chi connectivity index (χ0) is 29.1. The zero-order valence-electron chi connectivity index (χ0n) is 24.9. The van der Waals surface area contributed by atoms with Crippen LogP contribution < -0.4 is 44.1 Å². The molecule has 8 heteroatoms. The Balaban J connectivity index is 0.00000616. The van der Waals surface area contributed by atoms with E-state index in [9.17, 15) is 9.90 Å². The number of carboxylic acid groups (broad SMARTS) is 1. The van der Waals surface area contributed by atoms with Crippen LogP contribution in [0, 0.1) is 11.3 Å². The second kappa shape index (κ2) is 20.9. The molecule has 0 aromatic heterocycles. The van der Waals surface area contributed by atoms with Gasteiger partial charge >= 0.3 is 29.6 Å². The fourth-order valence-corrected chi connectivity index (χ4v) is 4.18. The zero-order valence-corrected chi connectivity index (χ0v) is 26.9. The van der Waals surface area contributed by atoms with E-state index in [0.29, 0.717) is 50.8 Å². The van der Waals surface area contributed by atoms with Gasteiger partial charge in [0.2, 0.25) is 0 Å². The van der Waals surface area contributed by atoms with Crippen molar-refractivity contribution in [2.24, 2.45) is 0 Å². The third-order valence-electron chi connectivity index (χ3n) is 6.53. The van der Waals surface area contributed by atoms with Gasteiger partial charge in [0.25, 0.3) is 0 Å². The van der Waals surface area contributed by atoms with Crippen molar-refractivity contribution in [1.29, 1.82) is 5.26 Å². The summed E-state index contributed by atoms with van der Waals surface area (Å²) in [4.78, 5) is 11.5. The number of carbonyl (C=O) groups is 1. The van der Waals surface area contributed by atoms with Gasteiger partial charge in [-0.3, -0.25) is 0 Å². The molecule has 0 heterocycles. The maximum Gasteiger partial charge on any atom is 1.00 e. The summed E-state index contributed by atoms with van der Waals surface area (Å²) in [6.45, 7) is 5.59. The van der Waals surface area contributed by atoms with Gasteiger partial charge in [0.05, 0.1) is 50.6 Å². The second-order valence-electron chi connectivity index (χ2n) is 9.81. The number of carbonyl (C=O) groups excluding carboxylic acids is 1. The Bertz CT molecular complexity index is 1220. The summed E-state index contributed by atoms with van der Waals surface area (Å²) < 4.78 is 22.8.